The predicted molar refractivity (Wildman–Crippen MR) is 117 cm³/mol. The summed E-state index contributed by atoms with van der Waals surface area (Å²) in [6.07, 6.45) is 1.65. The molecule has 3 aromatic rings. The molecule has 3 aromatic carbocycles. The highest BCUT2D eigenvalue weighted by Crippen LogP contribution is 2.51. The molecular weight excluding hydrogens is 382 g/mol. The number of hydrogen-bond acceptors (Lipinski definition) is 5. The van der Waals surface area contributed by atoms with Gasteiger partial charge in [0.25, 0.3) is 5.43 Å². The van der Waals surface area contributed by atoms with Crippen molar-refractivity contribution in [3.05, 3.63) is 73.7 Å². The van der Waals surface area contributed by atoms with Crippen molar-refractivity contribution in [1.82, 2.24) is 0 Å². The third kappa shape index (κ3) is 2.91. The average molecular weight is 405 g/mol. The summed E-state index contributed by atoms with van der Waals surface area (Å²) in [5.41, 5.74) is 1.35. The van der Waals surface area contributed by atoms with E-state index in [2.05, 4.69) is 19.9 Å². The predicted octanol–water partition coefficient (Wildman–Crippen LogP) is 3.45. The quantitative estimate of drug-likeness (QED) is 0.633. The van der Waals surface area contributed by atoms with Crippen molar-refractivity contribution < 1.29 is 14.6 Å². The molecule has 0 spiro atoms. The Bertz CT molecular complexity index is 1260. The van der Waals surface area contributed by atoms with Crippen LogP contribution in [0.2, 0.25) is 0 Å². The molecule has 30 heavy (non-hydrogen) atoms. The number of anilines is 1. The molecule has 0 atom stereocenters. The highest BCUT2D eigenvalue weighted by molar-refractivity contribution is 5.96. The first-order valence-electron chi connectivity index (χ1n) is 9.97. The van der Waals surface area contributed by atoms with Gasteiger partial charge in [-0.25, -0.2) is 0 Å². The minimum atomic E-state index is -0.898. The number of ether oxygens (including phenoxy) is 1. The van der Waals surface area contributed by atoms with E-state index in [9.17, 15) is 19.5 Å². The SMILES string of the molecule is CCOc1c(/C=C2/N(CCC(=O)O)c3ccc4ccccc4c3C2(C)C)c(=O)c1=O. The zero-order valence-electron chi connectivity index (χ0n) is 17.2. The van der Waals surface area contributed by atoms with E-state index >= 15 is 0 Å². The number of allylic oxidation sites excluding steroid dienone is 1. The van der Waals surface area contributed by atoms with E-state index in [-0.39, 0.29) is 30.9 Å². The number of benzene rings is 2. The van der Waals surface area contributed by atoms with E-state index in [1.807, 2.05) is 35.2 Å². The molecular formula is C24H23NO5. The van der Waals surface area contributed by atoms with E-state index < -0.39 is 22.2 Å². The fourth-order valence-corrected chi connectivity index (χ4v) is 4.39. The van der Waals surface area contributed by atoms with Crippen molar-refractivity contribution >= 4 is 28.5 Å². The summed E-state index contributed by atoms with van der Waals surface area (Å²) in [4.78, 5) is 37.4. The summed E-state index contributed by atoms with van der Waals surface area (Å²) in [7, 11) is 0. The lowest BCUT2D eigenvalue weighted by atomic mass is 9.80. The second kappa shape index (κ2) is 7.13. The van der Waals surface area contributed by atoms with Crippen molar-refractivity contribution in [2.45, 2.75) is 32.6 Å². The summed E-state index contributed by atoms with van der Waals surface area (Å²) in [6.45, 7) is 6.41. The molecule has 6 heteroatoms. The molecule has 0 aliphatic carbocycles. The summed E-state index contributed by atoms with van der Waals surface area (Å²) < 4.78 is 5.38. The van der Waals surface area contributed by atoms with E-state index in [1.54, 1.807) is 13.0 Å². The molecule has 6 nitrogen and oxygen atoms in total. The number of fused-ring (bicyclic) bond motifs is 3. The molecule has 0 fully saturated rings. The second-order valence-corrected chi connectivity index (χ2v) is 7.96. The topological polar surface area (TPSA) is 83.9 Å². The van der Waals surface area contributed by atoms with Gasteiger partial charge in [0.2, 0.25) is 5.43 Å². The number of rotatable bonds is 6. The lowest BCUT2D eigenvalue weighted by Gasteiger charge is -2.27. The molecule has 0 saturated carbocycles. The van der Waals surface area contributed by atoms with Crippen LogP contribution in [-0.4, -0.2) is 24.2 Å². The van der Waals surface area contributed by atoms with Gasteiger partial charge in [-0.05, 0) is 35.4 Å². The highest BCUT2D eigenvalue weighted by Gasteiger charge is 2.42. The normalized spacial score (nSPS) is 16.4. The third-order valence-electron chi connectivity index (χ3n) is 5.77. The molecule has 154 valence electrons. The first kappa shape index (κ1) is 19.9. The van der Waals surface area contributed by atoms with Crippen molar-refractivity contribution in [2.24, 2.45) is 0 Å². The van der Waals surface area contributed by atoms with Crippen LogP contribution in [0.15, 0.2) is 51.7 Å². The van der Waals surface area contributed by atoms with Gasteiger partial charge < -0.3 is 14.7 Å². The van der Waals surface area contributed by atoms with E-state index in [4.69, 9.17) is 4.74 Å². The minimum Gasteiger partial charge on any atom is -0.489 e. The summed E-state index contributed by atoms with van der Waals surface area (Å²) in [6, 6.07) is 12.1. The van der Waals surface area contributed by atoms with Crippen LogP contribution >= 0.6 is 0 Å². The Morgan fingerprint density at radius 2 is 1.87 bits per heavy atom. The lowest BCUT2D eigenvalue weighted by Crippen LogP contribution is -2.36. The fraction of sp³-hybridized carbons (Fsp3) is 0.292. The number of carboxylic acids is 1. The molecule has 1 heterocycles. The summed E-state index contributed by atoms with van der Waals surface area (Å²) >= 11 is 0. The maximum Gasteiger partial charge on any atom is 0.305 e. The minimum absolute atomic E-state index is 0.0517. The van der Waals surface area contributed by atoms with Gasteiger partial charge in [-0.2, -0.15) is 0 Å². The number of nitrogens with zero attached hydrogens (tertiary/aromatic N) is 1. The van der Waals surface area contributed by atoms with Crippen LogP contribution in [0.3, 0.4) is 0 Å². The molecule has 1 aliphatic rings. The van der Waals surface area contributed by atoms with Crippen LogP contribution in [0.1, 0.15) is 38.3 Å². The van der Waals surface area contributed by atoms with Crippen molar-refractivity contribution in [3.8, 4) is 5.75 Å². The molecule has 0 saturated heterocycles. The maximum absolute atomic E-state index is 12.3. The fourth-order valence-electron chi connectivity index (χ4n) is 4.39. The molecule has 0 unspecified atom stereocenters. The monoisotopic (exact) mass is 405 g/mol. The average Bonchev–Trinajstić information content (AvgIpc) is 2.95. The Morgan fingerprint density at radius 1 is 1.13 bits per heavy atom. The summed E-state index contributed by atoms with van der Waals surface area (Å²) in [5, 5.41) is 11.4. The van der Waals surface area contributed by atoms with Gasteiger partial charge in [-0.3, -0.25) is 14.4 Å². The molecule has 0 aromatic heterocycles. The van der Waals surface area contributed by atoms with E-state index in [0.717, 1.165) is 27.7 Å². The van der Waals surface area contributed by atoms with Gasteiger partial charge in [0, 0.05) is 23.3 Å². The van der Waals surface area contributed by atoms with Gasteiger partial charge >= 0.3 is 5.97 Å². The second-order valence-electron chi connectivity index (χ2n) is 7.96. The maximum atomic E-state index is 12.3. The molecule has 0 amide bonds. The summed E-state index contributed by atoms with van der Waals surface area (Å²) in [5.74, 6) is -0.810. The van der Waals surface area contributed by atoms with Gasteiger partial charge in [-0.1, -0.05) is 44.2 Å². The van der Waals surface area contributed by atoms with Gasteiger partial charge in [0.05, 0.1) is 18.6 Å². The largest absolute Gasteiger partial charge is 0.489 e. The molecule has 1 aliphatic heterocycles. The lowest BCUT2D eigenvalue weighted by molar-refractivity contribution is -0.136. The van der Waals surface area contributed by atoms with Gasteiger partial charge in [-0.15, -0.1) is 0 Å². The van der Waals surface area contributed by atoms with Crippen LogP contribution in [0.4, 0.5) is 5.69 Å². The van der Waals surface area contributed by atoms with Crippen LogP contribution in [-0.2, 0) is 10.2 Å². The van der Waals surface area contributed by atoms with Crippen LogP contribution in [0, 0.1) is 0 Å². The first-order chi connectivity index (χ1) is 14.3. The van der Waals surface area contributed by atoms with E-state index in [1.165, 1.54) is 0 Å². The standard InChI is InChI=1S/C24H23NO5/c1-4-30-23-16(21(28)22(23)29)13-18-24(2,3)20-15-8-6-5-7-14(15)9-10-17(20)25(18)12-11-19(26)27/h5-10,13H,4,11-12H2,1-3H3,(H,26,27)/b18-13+. The van der Waals surface area contributed by atoms with Gasteiger partial charge in [0.15, 0.2) is 5.75 Å². The first-order valence-corrected chi connectivity index (χ1v) is 9.97. The Hall–Kier alpha value is -3.41. The van der Waals surface area contributed by atoms with Gasteiger partial charge in [0.1, 0.15) is 0 Å². The van der Waals surface area contributed by atoms with E-state index in [0.29, 0.717) is 0 Å². The van der Waals surface area contributed by atoms with Crippen molar-refractivity contribution in [3.63, 3.8) is 0 Å². The zero-order valence-corrected chi connectivity index (χ0v) is 17.2. The molecule has 0 radical (unpaired) electrons. The van der Waals surface area contributed by atoms with Crippen LogP contribution in [0.5, 0.6) is 5.75 Å². The van der Waals surface area contributed by atoms with Crippen molar-refractivity contribution in [1.29, 1.82) is 0 Å². The van der Waals surface area contributed by atoms with Crippen molar-refractivity contribution in [2.75, 3.05) is 18.1 Å². The number of carboxylic acid groups (broad SMARTS) is 1. The molecule has 4 rings (SSSR count). The Morgan fingerprint density at radius 3 is 2.57 bits per heavy atom. The number of aliphatic carboxylic acids is 1. The smallest absolute Gasteiger partial charge is 0.305 e. The Balaban J connectivity index is 1.94. The van der Waals surface area contributed by atoms with Crippen LogP contribution in [0.25, 0.3) is 16.8 Å². The highest BCUT2D eigenvalue weighted by atomic mass is 16.5. The number of carbonyl (C=O) groups is 1. The van der Waals surface area contributed by atoms with Crippen LogP contribution < -0.4 is 20.5 Å². The Kier molecular flexibility index (Phi) is 4.73. The third-order valence-corrected chi connectivity index (χ3v) is 5.77. The molecule has 1 N–H and O–H groups in total. The Labute approximate surface area is 173 Å². The molecule has 0 bridgehead atoms. The zero-order chi connectivity index (χ0) is 21.6. The number of hydrogen-bond donors (Lipinski definition) is 1.